The first-order valence-corrected chi connectivity index (χ1v) is 10.4. The maximum atomic E-state index is 5.04. The molecule has 92 valence electrons. The lowest BCUT2D eigenvalue weighted by Gasteiger charge is -1.98. The monoisotopic (exact) mass is 238 g/mol. The van der Waals surface area contributed by atoms with Crippen LogP contribution in [0.2, 0.25) is 31.2 Å². The molecule has 0 saturated heterocycles. The molecule has 1 nitrogen and oxygen atoms in total. The third-order valence-electron chi connectivity index (χ3n) is 2.37. The molecule has 1 atom stereocenters. The van der Waals surface area contributed by atoms with Crippen molar-refractivity contribution in [2.24, 2.45) is 0 Å². The lowest BCUT2D eigenvalue weighted by Crippen LogP contribution is -2.06. The Hall–Kier alpha value is 0.394. The smallest absolute Gasteiger partial charge is 0.173 e. The molecule has 0 fully saturated rings. The van der Waals surface area contributed by atoms with Gasteiger partial charge in [0, 0.05) is 15.9 Å². The van der Waals surface area contributed by atoms with Gasteiger partial charge in [-0.25, -0.2) is 0 Å². The van der Waals surface area contributed by atoms with Gasteiger partial charge in [-0.1, -0.05) is 54.3 Å². The van der Waals surface area contributed by atoms with Gasteiger partial charge in [-0.2, -0.15) is 0 Å². The standard InChI is InChI=1S/C5H14Si.C4H12OSi.2CH4/c2*1-4-6(3)5-2;;/h6H,4-5H2,1-3H3;6H,4H2,1-3H3;2*1H4. The Kier molecular flexibility index (Phi) is 32.5. The Morgan fingerprint density at radius 2 is 1.21 bits per heavy atom. The molecule has 0 aromatic rings. The van der Waals surface area contributed by atoms with Crippen molar-refractivity contribution >= 4 is 17.8 Å². The van der Waals surface area contributed by atoms with E-state index < -0.39 is 9.04 Å². The molecule has 0 aliphatic heterocycles. The summed E-state index contributed by atoms with van der Waals surface area (Å²) in [6.07, 6.45) is 0. The van der Waals surface area contributed by atoms with Crippen molar-refractivity contribution in [3.63, 3.8) is 0 Å². The second-order valence-corrected chi connectivity index (χ2v) is 10.1. The molecule has 0 saturated carbocycles. The highest BCUT2D eigenvalue weighted by Crippen LogP contribution is 1.93. The largest absolute Gasteiger partial charge is 0.423 e. The van der Waals surface area contributed by atoms with Crippen LogP contribution in [-0.2, 0) is 4.43 Å². The van der Waals surface area contributed by atoms with Crippen molar-refractivity contribution in [2.75, 3.05) is 7.11 Å². The van der Waals surface area contributed by atoms with Crippen LogP contribution >= 0.6 is 0 Å². The van der Waals surface area contributed by atoms with E-state index in [0.29, 0.717) is 0 Å². The van der Waals surface area contributed by atoms with Gasteiger partial charge in [0.1, 0.15) is 0 Å². The highest BCUT2D eigenvalue weighted by molar-refractivity contribution is 6.56. The topological polar surface area (TPSA) is 9.23 Å². The highest BCUT2D eigenvalue weighted by atomic mass is 28.3. The van der Waals surface area contributed by atoms with E-state index in [2.05, 4.69) is 33.9 Å². The lowest BCUT2D eigenvalue weighted by molar-refractivity contribution is 0.425. The van der Waals surface area contributed by atoms with Gasteiger partial charge in [-0.3, -0.25) is 0 Å². The molecule has 0 aromatic carbocycles. The molecule has 0 aliphatic carbocycles. The van der Waals surface area contributed by atoms with Gasteiger partial charge < -0.3 is 4.43 Å². The molecular formula is C11H34OSi2. The maximum Gasteiger partial charge on any atom is 0.173 e. The fourth-order valence-electron chi connectivity index (χ4n) is 0.455. The summed E-state index contributed by atoms with van der Waals surface area (Å²) in [5.74, 6) is 0. The minimum absolute atomic E-state index is 0. The van der Waals surface area contributed by atoms with Crippen LogP contribution < -0.4 is 0 Å². The zero-order valence-electron chi connectivity index (χ0n) is 9.68. The molecule has 0 aromatic heterocycles. The zero-order chi connectivity index (χ0) is 9.98. The molecule has 3 heteroatoms. The third-order valence-corrected chi connectivity index (χ3v) is 7.11. The number of rotatable bonds is 4. The van der Waals surface area contributed by atoms with Crippen LogP contribution in [0.3, 0.4) is 0 Å². The van der Waals surface area contributed by atoms with Gasteiger partial charge >= 0.3 is 0 Å². The lowest BCUT2D eigenvalue weighted by atomic mass is 10.9. The van der Waals surface area contributed by atoms with Crippen LogP contribution in [0.15, 0.2) is 0 Å². The summed E-state index contributed by atoms with van der Waals surface area (Å²) >= 11 is 0. The number of hydrogen-bond acceptors (Lipinski definition) is 1. The number of hydrogen-bond donors (Lipinski definition) is 0. The van der Waals surface area contributed by atoms with Crippen molar-refractivity contribution in [1.82, 2.24) is 0 Å². The molecule has 0 N–H and O–H groups in total. The van der Waals surface area contributed by atoms with Crippen molar-refractivity contribution in [2.45, 2.75) is 66.9 Å². The molecule has 0 heterocycles. The van der Waals surface area contributed by atoms with Gasteiger partial charge in [0.15, 0.2) is 9.04 Å². The molecule has 14 heavy (non-hydrogen) atoms. The third kappa shape index (κ3) is 22.8. The summed E-state index contributed by atoms with van der Waals surface area (Å²) in [6.45, 7) is 11.4. The van der Waals surface area contributed by atoms with Crippen LogP contribution in [-0.4, -0.2) is 24.9 Å². The summed E-state index contributed by atoms with van der Waals surface area (Å²) in [7, 11) is 0.971. The van der Waals surface area contributed by atoms with Gasteiger partial charge in [-0.05, 0) is 12.6 Å². The van der Waals surface area contributed by atoms with Crippen molar-refractivity contribution < 1.29 is 4.43 Å². The SMILES string of the molecule is C.C.CC[SiH](C)CC.CC[SiH](C)OC. The summed E-state index contributed by atoms with van der Waals surface area (Å²) < 4.78 is 5.04. The van der Waals surface area contributed by atoms with Crippen LogP contribution in [0.1, 0.15) is 35.6 Å². The van der Waals surface area contributed by atoms with E-state index in [9.17, 15) is 0 Å². The average molecular weight is 239 g/mol. The van der Waals surface area contributed by atoms with Gasteiger partial charge in [0.05, 0.1) is 0 Å². The summed E-state index contributed by atoms with van der Waals surface area (Å²) in [6, 6.07) is 4.18. The minimum atomic E-state index is -0.660. The fourth-order valence-corrected chi connectivity index (χ4v) is 1.37. The molecule has 0 spiro atoms. The van der Waals surface area contributed by atoms with Crippen molar-refractivity contribution in [3.8, 4) is 0 Å². The van der Waals surface area contributed by atoms with Gasteiger partial charge in [0.25, 0.3) is 0 Å². The summed E-state index contributed by atoms with van der Waals surface area (Å²) in [5, 5.41) is 0. The Bertz CT molecular complexity index is 61.7. The summed E-state index contributed by atoms with van der Waals surface area (Å²) in [4.78, 5) is 0. The normalized spacial score (nSPS) is 10.5. The van der Waals surface area contributed by atoms with Crippen LogP contribution in [0, 0.1) is 0 Å². The second kappa shape index (κ2) is 19.0. The first-order chi connectivity index (χ1) is 5.62. The average Bonchev–Trinajstić information content (AvgIpc) is 2.16. The Labute approximate surface area is 96.6 Å². The van der Waals surface area contributed by atoms with E-state index in [1.54, 1.807) is 7.11 Å². The second-order valence-electron chi connectivity index (χ2n) is 3.38. The van der Waals surface area contributed by atoms with Crippen molar-refractivity contribution in [3.05, 3.63) is 0 Å². The Morgan fingerprint density at radius 1 is 0.857 bits per heavy atom. The summed E-state index contributed by atoms with van der Waals surface area (Å²) in [5.41, 5.74) is 0. The van der Waals surface area contributed by atoms with E-state index >= 15 is 0 Å². The van der Waals surface area contributed by atoms with E-state index in [4.69, 9.17) is 4.43 Å². The van der Waals surface area contributed by atoms with E-state index in [-0.39, 0.29) is 23.7 Å². The van der Waals surface area contributed by atoms with Crippen LogP contribution in [0.4, 0.5) is 0 Å². The van der Waals surface area contributed by atoms with Crippen LogP contribution in [0.25, 0.3) is 0 Å². The molecule has 1 unspecified atom stereocenters. The predicted octanol–water partition coefficient (Wildman–Crippen LogP) is 4.16. The molecule has 0 rings (SSSR count). The molecular weight excluding hydrogens is 204 g/mol. The van der Waals surface area contributed by atoms with E-state index in [1.807, 2.05) is 0 Å². The first kappa shape index (κ1) is 23.9. The van der Waals surface area contributed by atoms with Gasteiger partial charge in [-0.15, -0.1) is 0 Å². The predicted molar refractivity (Wildman–Crippen MR) is 77.9 cm³/mol. The Balaban J connectivity index is -0.0000000625. The molecule has 0 bridgehead atoms. The highest BCUT2D eigenvalue weighted by Gasteiger charge is 1.92. The van der Waals surface area contributed by atoms with Crippen molar-refractivity contribution in [1.29, 1.82) is 0 Å². The minimum Gasteiger partial charge on any atom is -0.423 e. The van der Waals surface area contributed by atoms with E-state index in [1.165, 1.54) is 18.1 Å². The Morgan fingerprint density at radius 3 is 1.21 bits per heavy atom. The molecule has 0 radical (unpaired) electrons. The molecule has 0 amide bonds. The quantitative estimate of drug-likeness (QED) is 0.668. The zero-order valence-corrected chi connectivity index (χ0v) is 12.0. The van der Waals surface area contributed by atoms with Gasteiger partial charge in [0.2, 0.25) is 0 Å². The first-order valence-electron chi connectivity index (χ1n) is 5.14. The van der Waals surface area contributed by atoms with Crippen LogP contribution in [0.5, 0.6) is 0 Å². The fraction of sp³-hybridized carbons (Fsp3) is 1.00. The maximum absolute atomic E-state index is 5.04. The van der Waals surface area contributed by atoms with E-state index in [0.717, 1.165) is 0 Å². The molecule has 0 aliphatic rings.